The summed E-state index contributed by atoms with van der Waals surface area (Å²) in [5.74, 6) is -0.172. The van der Waals surface area contributed by atoms with Crippen LogP contribution in [0, 0.1) is 6.92 Å². The molecule has 0 saturated carbocycles. The van der Waals surface area contributed by atoms with Crippen molar-refractivity contribution >= 4 is 11.6 Å². The van der Waals surface area contributed by atoms with Gasteiger partial charge in [-0.1, -0.05) is 17.7 Å². The molecule has 4 N–H and O–H groups in total. The van der Waals surface area contributed by atoms with Crippen LogP contribution in [0.15, 0.2) is 42.5 Å². The average Bonchev–Trinajstić information content (AvgIpc) is 2.40. The van der Waals surface area contributed by atoms with E-state index in [2.05, 4.69) is 5.32 Å². The van der Waals surface area contributed by atoms with Gasteiger partial charge in [-0.15, -0.1) is 0 Å². The van der Waals surface area contributed by atoms with E-state index in [-0.39, 0.29) is 5.75 Å². The van der Waals surface area contributed by atoms with Gasteiger partial charge in [0.05, 0.1) is 0 Å². The molecule has 0 radical (unpaired) electrons. The normalized spacial score (nSPS) is 10.2. The molecule has 0 aromatic heterocycles. The molecule has 0 bridgehead atoms. The predicted molar refractivity (Wildman–Crippen MR) is 75.1 cm³/mol. The van der Waals surface area contributed by atoms with Gasteiger partial charge >= 0.3 is 0 Å². The number of carbonyl (C=O) groups excluding carboxylic acids is 1. The van der Waals surface area contributed by atoms with Crippen molar-refractivity contribution in [3.8, 4) is 5.75 Å². The standard InChI is InChI=1S/C15H16N2O2/c1-10-2-7-14(18)12(8-10)9-17-13-5-3-11(4-6-13)15(16)19/h2-8,17-18H,9H2,1H3,(H2,16,19). The summed E-state index contributed by atoms with van der Waals surface area (Å²) in [6.07, 6.45) is 0. The second kappa shape index (κ2) is 5.44. The molecule has 0 saturated heterocycles. The van der Waals surface area contributed by atoms with Crippen molar-refractivity contribution < 1.29 is 9.90 Å². The maximum atomic E-state index is 10.9. The average molecular weight is 256 g/mol. The van der Waals surface area contributed by atoms with Crippen LogP contribution >= 0.6 is 0 Å². The fourth-order valence-electron chi connectivity index (χ4n) is 1.81. The quantitative estimate of drug-likeness (QED) is 0.786. The Kier molecular flexibility index (Phi) is 3.71. The molecule has 98 valence electrons. The molecule has 0 atom stereocenters. The molecule has 0 spiro atoms. The number of hydrogen-bond acceptors (Lipinski definition) is 3. The lowest BCUT2D eigenvalue weighted by atomic mass is 10.1. The Morgan fingerprint density at radius 3 is 2.53 bits per heavy atom. The fraction of sp³-hybridized carbons (Fsp3) is 0.133. The Labute approximate surface area is 111 Å². The largest absolute Gasteiger partial charge is 0.508 e. The van der Waals surface area contributed by atoms with Crippen LogP contribution in [0.4, 0.5) is 5.69 Å². The Bertz CT molecular complexity index is 592. The van der Waals surface area contributed by atoms with E-state index in [1.165, 1.54) is 0 Å². The molecule has 0 unspecified atom stereocenters. The summed E-state index contributed by atoms with van der Waals surface area (Å²) >= 11 is 0. The molecule has 0 fully saturated rings. The molecular formula is C15H16N2O2. The Hall–Kier alpha value is -2.49. The van der Waals surface area contributed by atoms with Crippen molar-refractivity contribution in [1.29, 1.82) is 0 Å². The Morgan fingerprint density at radius 2 is 1.89 bits per heavy atom. The van der Waals surface area contributed by atoms with Crippen molar-refractivity contribution in [2.24, 2.45) is 5.73 Å². The molecule has 2 aromatic rings. The van der Waals surface area contributed by atoms with Gasteiger partial charge < -0.3 is 16.2 Å². The monoisotopic (exact) mass is 256 g/mol. The molecule has 4 heteroatoms. The van der Waals surface area contributed by atoms with E-state index < -0.39 is 5.91 Å². The van der Waals surface area contributed by atoms with Crippen LogP contribution in [0.1, 0.15) is 21.5 Å². The maximum Gasteiger partial charge on any atom is 0.248 e. The third-order valence-corrected chi connectivity index (χ3v) is 2.89. The zero-order valence-electron chi connectivity index (χ0n) is 10.7. The summed E-state index contributed by atoms with van der Waals surface area (Å²) in [5.41, 5.74) is 8.44. The number of aryl methyl sites for hydroxylation is 1. The number of hydrogen-bond donors (Lipinski definition) is 3. The summed E-state index contributed by atoms with van der Waals surface area (Å²) in [6.45, 7) is 2.49. The second-order valence-electron chi connectivity index (χ2n) is 4.43. The molecule has 2 rings (SSSR count). The first-order chi connectivity index (χ1) is 9.06. The first-order valence-electron chi connectivity index (χ1n) is 5.98. The van der Waals surface area contributed by atoms with E-state index >= 15 is 0 Å². The van der Waals surface area contributed by atoms with Gasteiger partial charge in [-0.3, -0.25) is 4.79 Å². The molecule has 19 heavy (non-hydrogen) atoms. The molecule has 0 aliphatic carbocycles. The smallest absolute Gasteiger partial charge is 0.248 e. The van der Waals surface area contributed by atoms with E-state index in [9.17, 15) is 9.90 Å². The number of carbonyl (C=O) groups is 1. The number of phenolic OH excluding ortho intramolecular Hbond substituents is 1. The lowest BCUT2D eigenvalue weighted by molar-refractivity contribution is 0.100. The number of amides is 1. The highest BCUT2D eigenvalue weighted by molar-refractivity contribution is 5.93. The van der Waals surface area contributed by atoms with Crippen molar-refractivity contribution in [3.05, 3.63) is 59.2 Å². The van der Waals surface area contributed by atoms with Gasteiger partial charge in [0, 0.05) is 23.4 Å². The fourth-order valence-corrected chi connectivity index (χ4v) is 1.81. The highest BCUT2D eigenvalue weighted by Crippen LogP contribution is 2.19. The number of primary amides is 1. The first kappa shape index (κ1) is 13.0. The number of nitrogens with one attached hydrogen (secondary N) is 1. The molecule has 0 aliphatic heterocycles. The molecule has 0 aliphatic rings. The summed E-state index contributed by atoms with van der Waals surface area (Å²) in [7, 11) is 0. The van der Waals surface area contributed by atoms with E-state index in [0.29, 0.717) is 12.1 Å². The van der Waals surface area contributed by atoms with Crippen LogP contribution in [0.25, 0.3) is 0 Å². The molecule has 2 aromatic carbocycles. The minimum atomic E-state index is -0.442. The van der Waals surface area contributed by atoms with Crippen LogP contribution in [0.3, 0.4) is 0 Å². The van der Waals surface area contributed by atoms with Crippen molar-refractivity contribution in [3.63, 3.8) is 0 Å². The number of rotatable bonds is 4. The van der Waals surface area contributed by atoms with Gasteiger partial charge in [-0.25, -0.2) is 0 Å². The van der Waals surface area contributed by atoms with Crippen LogP contribution < -0.4 is 11.1 Å². The van der Waals surface area contributed by atoms with Gasteiger partial charge in [0.1, 0.15) is 5.75 Å². The minimum absolute atomic E-state index is 0.270. The summed E-state index contributed by atoms with van der Waals surface area (Å²) in [4.78, 5) is 10.9. The lowest BCUT2D eigenvalue weighted by Crippen LogP contribution is -2.10. The predicted octanol–water partition coefficient (Wildman–Crippen LogP) is 2.41. The van der Waals surface area contributed by atoms with E-state index in [1.54, 1.807) is 30.3 Å². The van der Waals surface area contributed by atoms with Gasteiger partial charge in [-0.05, 0) is 37.3 Å². The molecule has 1 amide bonds. The van der Waals surface area contributed by atoms with Crippen molar-refractivity contribution in [2.45, 2.75) is 13.5 Å². The first-order valence-corrected chi connectivity index (χ1v) is 5.98. The van der Waals surface area contributed by atoms with Crippen LogP contribution in [0.5, 0.6) is 5.75 Å². The number of aromatic hydroxyl groups is 1. The van der Waals surface area contributed by atoms with Crippen LogP contribution in [0.2, 0.25) is 0 Å². The number of phenols is 1. The van der Waals surface area contributed by atoms with Gasteiger partial charge in [0.2, 0.25) is 5.91 Å². The van der Waals surface area contributed by atoms with E-state index in [1.807, 2.05) is 19.1 Å². The summed E-state index contributed by atoms with van der Waals surface area (Å²) in [5, 5.41) is 12.9. The minimum Gasteiger partial charge on any atom is -0.508 e. The highest BCUT2D eigenvalue weighted by Gasteiger charge is 2.02. The number of benzene rings is 2. The lowest BCUT2D eigenvalue weighted by Gasteiger charge is -2.09. The van der Waals surface area contributed by atoms with Crippen LogP contribution in [-0.4, -0.2) is 11.0 Å². The summed E-state index contributed by atoms with van der Waals surface area (Å²) < 4.78 is 0. The van der Waals surface area contributed by atoms with E-state index in [0.717, 1.165) is 16.8 Å². The third-order valence-electron chi connectivity index (χ3n) is 2.89. The van der Waals surface area contributed by atoms with Crippen LogP contribution in [-0.2, 0) is 6.54 Å². The Morgan fingerprint density at radius 1 is 1.21 bits per heavy atom. The van der Waals surface area contributed by atoms with Crippen molar-refractivity contribution in [2.75, 3.05) is 5.32 Å². The van der Waals surface area contributed by atoms with E-state index in [4.69, 9.17) is 5.73 Å². The SMILES string of the molecule is Cc1ccc(O)c(CNc2ccc(C(N)=O)cc2)c1. The topological polar surface area (TPSA) is 75.3 Å². The third kappa shape index (κ3) is 3.25. The van der Waals surface area contributed by atoms with Gasteiger partial charge in [-0.2, -0.15) is 0 Å². The Balaban J connectivity index is 2.06. The number of anilines is 1. The van der Waals surface area contributed by atoms with Crippen molar-refractivity contribution in [1.82, 2.24) is 0 Å². The highest BCUT2D eigenvalue weighted by atomic mass is 16.3. The maximum absolute atomic E-state index is 10.9. The zero-order valence-corrected chi connectivity index (χ0v) is 10.7. The summed E-state index contributed by atoms with van der Waals surface area (Å²) in [6, 6.07) is 12.4. The molecule has 4 nitrogen and oxygen atoms in total. The second-order valence-corrected chi connectivity index (χ2v) is 4.43. The van der Waals surface area contributed by atoms with Gasteiger partial charge in [0.15, 0.2) is 0 Å². The molecule has 0 heterocycles. The zero-order chi connectivity index (χ0) is 13.8. The molecular weight excluding hydrogens is 240 g/mol. The number of nitrogens with two attached hydrogens (primary N) is 1. The van der Waals surface area contributed by atoms with Gasteiger partial charge in [0.25, 0.3) is 0 Å².